The zero-order valence-corrected chi connectivity index (χ0v) is 31.3. The van der Waals surface area contributed by atoms with Crippen LogP contribution in [0.2, 0.25) is 0 Å². The van der Waals surface area contributed by atoms with E-state index in [-0.39, 0.29) is 0 Å². The number of hydrogen-bond acceptors (Lipinski definition) is 1. The van der Waals surface area contributed by atoms with Gasteiger partial charge in [0, 0.05) is 33.8 Å². The van der Waals surface area contributed by atoms with Crippen molar-refractivity contribution >= 4 is 33.1 Å². The average molecular weight is 719 g/mol. The first-order valence-corrected chi connectivity index (χ1v) is 19.7. The van der Waals surface area contributed by atoms with Crippen LogP contribution in [0.1, 0.15) is 24.8 Å². The van der Waals surface area contributed by atoms with Gasteiger partial charge in [0.15, 0.2) is 0 Å². The summed E-state index contributed by atoms with van der Waals surface area (Å²) in [7, 11) is 0. The molecule has 8 aromatic rings. The maximum atomic E-state index is 3.82. The summed E-state index contributed by atoms with van der Waals surface area (Å²) in [6.45, 7) is 0. The van der Waals surface area contributed by atoms with Crippen LogP contribution in [0.3, 0.4) is 0 Å². The summed E-state index contributed by atoms with van der Waals surface area (Å²) < 4.78 is 2.45. The van der Waals surface area contributed by atoms with Gasteiger partial charge in [0.25, 0.3) is 0 Å². The lowest BCUT2D eigenvalue weighted by Gasteiger charge is -2.26. The number of aromatic nitrogens is 1. The molecule has 7 aromatic carbocycles. The van der Waals surface area contributed by atoms with Crippen LogP contribution in [-0.2, 0) is 0 Å². The molecule has 0 amide bonds. The Bertz CT molecular complexity index is 2780. The summed E-state index contributed by atoms with van der Waals surface area (Å²) in [6, 6.07) is 63.8. The van der Waals surface area contributed by atoms with Gasteiger partial charge in [-0.3, -0.25) is 0 Å². The van der Waals surface area contributed by atoms with Crippen molar-refractivity contribution in [3.05, 3.63) is 223 Å². The van der Waals surface area contributed by atoms with Gasteiger partial charge in [-0.1, -0.05) is 152 Å². The molecule has 0 bridgehead atoms. The van der Waals surface area contributed by atoms with Gasteiger partial charge in [0.05, 0.1) is 11.0 Å². The number of nitrogens with zero attached hydrogens (tertiary/aromatic N) is 1. The van der Waals surface area contributed by atoms with Crippen LogP contribution in [0.4, 0.5) is 5.69 Å². The second-order valence-electron chi connectivity index (χ2n) is 14.9. The van der Waals surface area contributed by atoms with E-state index in [1.165, 1.54) is 77.6 Å². The molecular formula is C54H42N2. The first-order chi connectivity index (χ1) is 27.7. The van der Waals surface area contributed by atoms with E-state index in [9.17, 15) is 0 Å². The average Bonchev–Trinajstić information content (AvgIpc) is 3.61. The van der Waals surface area contributed by atoms with E-state index in [1.807, 2.05) is 0 Å². The summed E-state index contributed by atoms with van der Waals surface area (Å²) in [4.78, 5) is 0. The molecule has 2 aliphatic rings. The van der Waals surface area contributed by atoms with Crippen LogP contribution in [-0.4, -0.2) is 4.57 Å². The molecule has 2 nitrogen and oxygen atoms in total. The van der Waals surface area contributed by atoms with Gasteiger partial charge >= 0.3 is 0 Å². The minimum atomic E-state index is 0.328. The smallest absolute Gasteiger partial charge is 0.0541 e. The van der Waals surface area contributed by atoms with Crippen molar-refractivity contribution in [1.82, 2.24) is 4.57 Å². The Balaban J connectivity index is 1.01. The predicted octanol–water partition coefficient (Wildman–Crippen LogP) is 14.5. The number of anilines is 1. The van der Waals surface area contributed by atoms with Gasteiger partial charge in [-0.25, -0.2) is 0 Å². The van der Waals surface area contributed by atoms with Gasteiger partial charge < -0.3 is 9.88 Å². The number of hydrogen-bond donors (Lipinski definition) is 1. The highest BCUT2D eigenvalue weighted by molar-refractivity contribution is 6.10. The molecule has 1 heterocycles. The first-order valence-electron chi connectivity index (χ1n) is 19.7. The van der Waals surface area contributed by atoms with Crippen molar-refractivity contribution in [1.29, 1.82) is 0 Å². The number of fused-ring (bicyclic) bond motifs is 3. The number of rotatable bonds is 8. The lowest BCUT2D eigenvalue weighted by Crippen LogP contribution is -2.13. The topological polar surface area (TPSA) is 17.0 Å². The summed E-state index contributed by atoms with van der Waals surface area (Å²) in [5, 5.41) is 6.36. The van der Waals surface area contributed by atoms with Gasteiger partial charge in [0.2, 0.25) is 0 Å². The maximum Gasteiger partial charge on any atom is 0.0541 e. The van der Waals surface area contributed by atoms with Crippen LogP contribution in [0.25, 0.3) is 66.4 Å². The van der Waals surface area contributed by atoms with Gasteiger partial charge in [-0.15, -0.1) is 0 Å². The van der Waals surface area contributed by atoms with Crippen molar-refractivity contribution in [3.8, 4) is 39.1 Å². The molecule has 0 spiro atoms. The van der Waals surface area contributed by atoms with E-state index >= 15 is 0 Å². The minimum absolute atomic E-state index is 0.328. The number of nitrogens with one attached hydrogen (secondary N) is 1. The fourth-order valence-corrected chi connectivity index (χ4v) is 8.67. The fourth-order valence-electron chi connectivity index (χ4n) is 8.67. The third-order valence-electron chi connectivity index (χ3n) is 11.4. The van der Waals surface area contributed by atoms with Gasteiger partial charge in [0.1, 0.15) is 0 Å². The second-order valence-corrected chi connectivity index (χ2v) is 14.9. The highest BCUT2D eigenvalue weighted by Gasteiger charge is 2.22. The number of benzene rings is 7. The SMILES string of the molecule is C1=CC(C2=C(Nc3cccc(-c4ccccc4)c3)C=CCC2)CC(c2ccc3c(c2)c2ccccc2n3-c2cc(-c3ccccc3)cc(-c3ccccc3)c2)=C1. The molecular weight excluding hydrogens is 677 g/mol. The molecule has 1 N–H and O–H groups in total. The van der Waals surface area contributed by atoms with Crippen molar-refractivity contribution in [2.45, 2.75) is 19.3 Å². The van der Waals surface area contributed by atoms with E-state index in [0.717, 1.165) is 30.6 Å². The zero-order valence-electron chi connectivity index (χ0n) is 31.3. The van der Waals surface area contributed by atoms with E-state index in [2.05, 4.69) is 216 Å². The van der Waals surface area contributed by atoms with E-state index in [1.54, 1.807) is 0 Å². The molecule has 10 rings (SSSR count). The molecule has 1 atom stereocenters. The molecule has 2 aliphatic carbocycles. The van der Waals surface area contributed by atoms with Crippen LogP contribution in [0, 0.1) is 5.92 Å². The number of allylic oxidation sites excluding steroid dienone is 7. The Kier molecular flexibility index (Phi) is 8.85. The molecule has 0 aliphatic heterocycles. The van der Waals surface area contributed by atoms with Crippen LogP contribution in [0.15, 0.2) is 218 Å². The Morgan fingerprint density at radius 3 is 1.88 bits per heavy atom. The van der Waals surface area contributed by atoms with E-state index < -0.39 is 0 Å². The standard InChI is InChI=1S/C54H42N2/c1-4-16-38(17-5-1)42-23-15-25-47(34-42)55-52-28-12-10-26-49(52)44-24-14-22-41(32-44)43-30-31-54-51(37-43)50-27-11-13-29-53(50)56(54)48-35-45(39-18-6-2-7-19-39)33-46(36-48)40-20-8-3-9-21-40/h1-9,11-25,27-31,33-37,44,55H,10,26,32H2. The Hall–Kier alpha value is -6.90. The van der Waals surface area contributed by atoms with Gasteiger partial charge in [-0.05, 0) is 124 Å². The van der Waals surface area contributed by atoms with Crippen molar-refractivity contribution in [2.75, 3.05) is 5.32 Å². The predicted molar refractivity (Wildman–Crippen MR) is 238 cm³/mol. The summed E-state index contributed by atoms with van der Waals surface area (Å²) in [6.07, 6.45) is 14.7. The Morgan fingerprint density at radius 1 is 0.500 bits per heavy atom. The summed E-state index contributed by atoms with van der Waals surface area (Å²) in [5.74, 6) is 0.328. The van der Waals surface area contributed by atoms with Crippen molar-refractivity contribution in [2.24, 2.45) is 5.92 Å². The lowest BCUT2D eigenvalue weighted by molar-refractivity contribution is 0.711. The Labute approximate surface area is 329 Å². The molecule has 268 valence electrons. The quantitative estimate of drug-likeness (QED) is 0.166. The van der Waals surface area contributed by atoms with E-state index in [0.29, 0.717) is 5.92 Å². The van der Waals surface area contributed by atoms with Crippen molar-refractivity contribution in [3.63, 3.8) is 0 Å². The second kappa shape index (κ2) is 14.7. The highest BCUT2D eigenvalue weighted by Crippen LogP contribution is 2.40. The summed E-state index contributed by atoms with van der Waals surface area (Å²) in [5.41, 5.74) is 17.4. The molecule has 56 heavy (non-hydrogen) atoms. The molecule has 0 fully saturated rings. The highest BCUT2D eigenvalue weighted by atomic mass is 15.0. The lowest BCUT2D eigenvalue weighted by atomic mass is 9.81. The molecule has 1 aromatic heterocycles. The van der Waals surface area contributed by atoms with Gasteiger partial charge in [-0.2, -0.15) is 0 Å². The first kappa shape index (κ1) is 33.7. The zero-order chi connectivity index (χ0) is 37.3. The molecule has 2 heteroatoms. The van der Waals surface area contributed by atoms with Crippen LogP contribution >= 0.6 is 0 Å². The molecule has 0 saturated heterocycles. The number of para-hydroxylation sites is 1. The molecule has 0 radical (unpaired) electrons. The largest absolute Gasteiger partial charge is 0.356 e. The fraction of sp³-hybridized carbons (Fsp3) is 0.0741. The van der Waals surface area contributed by atoms with Crippen molar-refractivity contribution < 1.29 is 0 Å². The minimum Gasteiger partial charge on any atom is -0.356 e. The monoisotopic (exact) mass is 718 g/mol. The van der Waals surface area contributed by atoms with Crippen LogP contribution in [0.5, 0.6) is 0 Å². The summed E-state index contributed by atoms with van der Waals surface area (Å²) >= 11 is 0. The normalized spacial score (nSPS) is 15.4. The maximum absolute atomic E-state index is 3.82. The van der Waals surface area contributed by atoms with Crippen LogP contribution < -0.4 is 5.32 Å². The van der Waals surface area contributed by atoms with E-state index in [4.69, 9.17) is 0 Å². The third kappa shape index (κ3) is 6.50. The molecule has 0 saturated carbocycles. The third-order valence-corrected chi connectivity index (χ3v) is 11.4. The Morgan fingerprint density at radius 2 is 1.14 bits per heavy atom. The molecule has 1 unspecified atom stereocenters.